The number of carbonyl (C=O) groups excluding carboxylic acids is 1. The molecule has 0 spiro atoms. The summed E-state index contributed by atoms with van der Waals surface area (Å²) in [6.45, 7) is 0.872. The summed E-state index contributed by atoms with van der Waals surface area (Å²) in [7, 11) is 0. The van der Waals surface area contributed by atoms with E-state index in [1.807, 2.05) is 6.07 Å². The van der Waals surface area contributed by atoms with Crippen LogP contribution in [-0.2, 0) is 16.0 Å². The van der Waals surface area contributed by atoms with E-state index < -0.39 is 5.82 Å². The monoisotopic (exact) mass is 364 g/mol. The summed E-state index contributed by atoms with van der Waals surface area (Å²) in [5.41, 5.74) is 0.181. The zero-order valence-corrected chi connectivity index (χ0v) is 14.2. The Hall–Kier alpha value is -2.18. The molecule has 2 heterocycles. The molecule has 1 aliphatic rings. The van der Waals surface area contributed by atoms with Crippen LogP contribution >= 0.6 is 11.6 Å². The van der Waals surface area contributed by atoms with E-state index in [9.17, 15) is 9.18 Å². The topological polar surface area (TPSA) is 60.5 Å². The smallest absolute Gasteiger partial charge is 0.225 e. The number of hydrogen-bond acceptors (Lipinski definition) is 4. The van der Waals surface area contributed by atoms with Crippen molar-refractivity contribution in [2.45, 2.75) is 25.0 Å². The summed E-state index contributed by atoms with van der Waals surface area (Å²) >= 11 is 5.97. The molecule has 1 fully saturated rings. The molecular weight excluding hydrogens is 347 g/mol. The largest absolute Gasteiger partial charge is 0.472 e. The second-order valence-electron chi connectivity index (χ2n) is 5.74. The summed E-state index contributed by atoms with van der Waals surface area (Å²) < 4.78 is 25.1. The van der Waals surface area contributed by atoms with E-state index in [2.05, 4.69) is 10.3 Å². The molecule has 0 bridgehead atoms. The third-order valence-electron chi connectivity index (χ3n) is 3.95. The van der Waals surface area contributed by atoms with Gasteiger partial charge in [0.2, 0.25) is 11.8 Å². The van der Waals surface area contributed by atoms with E-state index in [0.717, 1.165) is 0 Å². The van der Waals surface area contributed by atoms with Crippen molar-refractivity contribution >= 4 is 17.5 Å². The van der Waals surface area contributed by atoms with Gasteiger partial charge in [0, 0.05) is 29.3 Å². The third kappa shape index (κ3) is 4.67. The van der Waals surface area contributed by atoms with Gasteiger partial charge in [-0.05, 0) is 18.2 Å². The number of amides is 1. The summed E-state index contributed by atoms with van der Waals surface area (Å²) in [5, 5.41) is 3.08. The summed E-state index contributed by atoms with van der Waals surface area (Å²) in [6, 6.07) is 9.39. The first kappa shape index (κ1) is 17.6. The first-order valence-corrected chi connectivity index (χ1v) is 8.39. The Morgan fingerprint density at radius 3 is 3.00 bits per heavy atom. The SMILES string of the molecule is O=C(Cc1c(F)cccc1Cl)N[C@@H]1COCC[C@H]1Oc1ccccn1. The molecule has 1 aromatic carbocycles. The minimum Gasteiger partial charge on any atom is -0.472 e. The summed E-state index contributed by atoms with van der Waals surface area (Å²) in [4.78, 5) is 16.5. The van der Waals surface area contributed by atoms with Crippen LogP contribution in [-0.4, -0.2) is 36.3 Å². The van der Waals surface area contributed by atoms with Gasteiger partial charge in [0.15, 0.2) is 0 Å². The number of hydrogen-bond donors (Lipinski definition) is 1. The van der Waals surface area contributed by atoms with Crippen LogP contribution in [0.15, 0.2) is 42.6 Å². The Kier molecular flexibility index (Phi) is 5.83. The third-order valence-corrected chi connectivity index (χ3v) is 4.30. The molecule has 1 N–H and O–H groups in total. The lowest BCUT2D eigenvalue weighted by molar-refractivity contribution is -0.123. The molecule has 3 rings (SSSR count). The van der Waals surface area contributed by atoms with E-state index >= 15 is 0 Å². The Morgan fingerprint density at radius 1 is 1.36 bits per heavy atom. The van der Waals surface area contributed by atoms with E-state index in [4.69, 9.17) is 21.1 Å². The van der Waals surface area contributed by atoms with Crippen molar-refractivity contribution in [2.75, 3.05) is 13.2 Å². The molecule has 2 aromatic rings. The number of benzene rings is 1. The van der Waals surface area contributed by atoms with Crippen molar-refractivity contribution in [1.82, 2.24) is 10.3 Å². The van der Waals surface area contributed by atoms with Crippen molar-refractivity contribution in [1.29, 1.82) is 0 Å². The van der Waals surface area contributed by atoms with E-state index in [0.29, 0.717) is 25.5 Å². The quantitative estimate of drug-likeness (QED) is 0.886. The maximum atomic E-state index is 13.8. The number of aromatic nitrogens is 1. The zero-order valence-electron chi connectivity index (χ0n) is 13.5. The van der Waals surface area contributed by atoms with Gasteiger partial charge in [-0.3, -0.25) is 4.79 Å². The number of nitrogens with one attached hydrogen (secondary N) is 1. The van der Waals surface area contributed by atoms with Gasteiger partial charge in [-0.1, -0.05) is 23.7 Å². The molecule has 1 aromatic heterocycles. The maximum absolute atomic E-state index is 13.8. The van der Waals surface area contributed by atoms with Gasteiger partial charge in [0.05, 0.1) is 25.7 Å². The van der Waals surface area contributed by atoms with Crippen molar-refractivity contribution < 1.29 is 18.7 Å². The minimum absolute atomic E-state index is 0.141. The summed E-state index contributed by atoms with van der Waals surface area (Å²) in [6.07, 6.45) is 1.87. The van der Waals surface area contributed by atoms with E-state index in [-0.39, 0.29) is 35.1 Å². The van der Waals surface area contributed by atoms with Crippen molar-refractivity contribution in [3.8, 4) is 5.88 Å². The lowest BCUT2D eigenvalue weighted by Crippen LogP contribution is -2.52. The molecule has 0 aliphatic carbocycles. The fourth-order valence-electron chi connectivity index (χ4n) is 2.69. The first-order valence-electron chi connectivity index (χ1n) is 8.01. The van der Waals surface area contributed by atoms with Crippen LogP contribution in [0.3, 0.4) is 0 Å². The first-order chi connectivity index (χ1) is 12.1. The number of carbonyl (C=O) groups is 1. The van der Waals surface area contributed by atoms with E-state index in [1.165, 1.54) is 12.1 Å². The second kappa shape index (κ2) is 8.27. The highest BCUT2D eigenvalue weighted by Gasteiger charge is 2.29. The van der Waals surface area contributed by atoms with Gasteiger partial charge in [0.25, 0.3) is 0 Å². The Bertz CT molecular complexity index is 709. The average Bonchev–Trinajstić information content (AvgIpc) is 2.61. The maximum Gasteiger partial charge on any atom is 0.225 e. The number of halogens is 2. The fraction of sp³-hybridized carbons (Fsp3) is 0.333. The van der Waals surface area contributed by atoms with Gasteiger partial charge in [0.1, 0.15) is 11.9 Å². The van der Waals surface area contributed by atoms with Gasteiger partial charge in [-0.2, -0.15) is 0 Å². The van der Waals surface area contributed by atoms with Gasteiger partial charge < -0.3 is 14.8 Å². The molecule has 2 atom stereocenters. The van der Waals surface area contributed by atoms with Crippen molar-refractivity contribution in [2.24, 2.45) is 0 Å². The highest BCUT2D eigenvalue weighted by molar-refractivity contribution is 6.31. The Labute approximate surface area is 150 Å². The van der Waals surface area contributed by atoms with Crippen LogP contribution in [0.4, 0.5) is 4.39 Å². The highest BCUT2D eigenvalue weighted by atomic mass is 35.5. The molecule has 7 heteroatoms. The predicted molar refractivity (Wildman–Crippen MR) is 91.1 cm³/mol. The van der Waals surface area contributed by atoms with E-state index in [1.54, 1.807) is 24.4 Å². The highest BCUT2D eigenvalue weighted by Crippen LogP contribution is 2.20. The van der Waals surface area contributed by atoms with Crippen molar-refractivity contribution in [3.05, 3.63) is 59.0 Å². The van der Waals surface area contributed by atoms with Gasteiger partial charge in [-0.15, -0.1) is 0 Å². The molecule has 0 radical (unpaired) electrons. The number of pyridine rings is 1. The van der Waals surface area contributed by atoms with Crippen LogP contribution in [0.5, 0.6) is 5.88 Å². The molecule has 1 aliphatic heterocycles. The number of nitrogens with zero attached hydrogens (tertiary/aromatic N) is 1. The predicted octanol–water partition coefficient (Wildman–Crippen LogP) is 2.77. The number of rotatable bonds is 5. The molecule has 132 valence electrons. The molecule has 1 saturated heterocycles. The molecule has 5 nitrogen and oxygen atoms in total. The molecule has 1 amide bonds. The Balaban J connectivity index is 1.64. The van der Waals surface area contributed by atoms with Crippen LogP contribution in [0.2, 0.25) is 5.02 Å². The second-order valence-corrected chi connectivity index (χ2v) is 6.15. The van der Waals surface area contributed by atoms with Crippen LogP contribution in [0, 0.1) is 5.82 Å². The summed E-state index contributed by atoms with van der Waals surface area (Å²) in [5.74, 6) is -0.341. The van der Waals surface area contributed by atoms with Gasteiger partial charge >= 0.3 is 0 Å². The lowest BCUT2D eigenvalue weighted by atomic mass is 10.1. The lowest BCUT2D eigenvalue weighted by Gasteiger charge is -2.32. The normalized spacial score (nSPS) is 20.1. The minimum atomic E-state index is -0.496. The Morgan fingerprint density at radius 2 is 2.24 bits per heavy atom. The van der Waals surface area contributed by atoms with Crippen LogP contribution in [0.1, 0.15) is 12.0 Å². The average molecular weight is 365 g/mol. The number of ether oxygens (including phenoxy) is 2. The zero-order chi connectivity index (χ0) is 17.6. The molecular formula is C18H18ClFN2O3. The van der Waals surface area contributed by atoms with Crippen molar-refractivity contribution in [3.63, 3.8) is 0 Å². The van der Waals surface area contributed by atoms with Crippen LogP contribution < -0.4 is 10.1 Å². The van der Waals surface area contributed by atoms with Gasteiger partial charge in [-0.25, -0.2) is 9.37 Å². The molecule has 25 heavy (non-hydrogen) atoms. The molecule has 0 saturated carbocycles. The molecule has 0 unspecified atom stereocenters. The fourth-order valence-corrected chi connectivity index (χ4v) is 2.92. The standard InChI is InChI=1S/C18H18ClFN2O3/c19-13-4-3-5-14(20)12(13)10-17(23)22-15-11-24-9-7-16(15)25-18-6-1-2-8-21-18/h1-6,8,15-16H,7,9-11H2,(H,22,23)/t15-,16-/m1/s1. The van der Waals surface area contributed by atoms with Crippen LogP contribution in [0.25, 0.3) is 0 Å².